The molecule has 0 radical (unpaired) electrons. The number of nitrogens with one attached hydrogen (secondary N) is 1. The van der Waals surface area contributed by atoms with Crippen LogP contribution in [-0.2, 0) is 27.5 Å². The van der Waals surface area contributed by atoms with Crippen LogP contribution >= 0.6 is 0 Å². The number of pyridine rings is 1. The number of sulfonamides is 1. The lowest BCUT2D eigenvalue weighted by Gasteiger charge is -2.27. The van der Waals surface area contributed by atoms with Gasteiger partial charge >= 0.3 is 6.18 Å². The van der Waals surface area contributed by atoms with E-state index >= 15 is 0 Å². The molecular weight excluding hydrogens is 533 g/mol. The summed E-state index contributed by atoms with van der Waals surface area (Å²) in [7, 11) is -4.11. The summed E-state index contributed by atoms with van der Waals surface area (Å²) in [6, 6.07) is 4.16. The number of benzene rings is 1. The molecule has 1 saturated carbocycles. The fourth-order valence-electron chi connectivity index (χ4n) is 4.83. The first kappa shape index (κ1) is 26.1. The van der Waals surface area contributed by atoms with Gasteiger partial charge in [-0.05, 0) is 48.6 Å². The lowest BCUT2D eigenvalue weighted by Crippen LogP contribution is -2.48. The Labute approximate surface area is 214 Å². The summed E-state index contributed by atoms with van der Waals surface area (Å²) in [6.45, 7) is 1.56. The van der Waals surface area contributed by atoms with Crippen molar-refractivity contribution in [2.24, 2.45) is 11.8 Å². The highest BCUT2D eigenvalue weighted by atomic mass is 32.2. The largest absolute Gasteiger partial charge is 0.451 e. The third kappa shape index (κ3) is 4.73. The number of nitrogens with zero attached hydrogens (tertiary/aromatic N) is 4. The molecule has 1 amide bonds. The van der Waals surface area contributed by atoms with Crippen molar-refractivity contribution in [3.63, 3.8) is 0 Å². The van der Waals surface area contributed by atoms with Gasteiger partial charge in [0.25, 0.3) is 0 Å². The minimum absolute atomic E-state index is 0.00935. The standard InChI is InChI=1S/C24H20F5N5O3S/c1-12-17-7-20(34(21(12)17)38(36,37)16-4-2-15(25)3-5-16)22(35)31-8-13-6-19(30-11-18(13)26)14-9-32-23(33-10-14)24(27,28)29/h2-6,9-12,17,20-21H,7-8H2,1H3,(H,31,35)/t12?,17-,20+,21+/m1/s1. The topological polar surface area (TPSA) is 105 Å². The molecule has 1 aliphatic heterocycles. The molecule has 14 heteroatoms. The minimum atomic E-state index is -4.72. The SMILES string of the molecule is CC1[C@H]2C[C@@H](C(=O)NCc3cc(-c4cnc(C(F)(F)F)nc4)ncc3F)N(S(=O)(=O)c3ccc(F)cc3)[C@@H]12. The first-order valence-corrected chi connectivity index (χ1v) is 12.9. The maximum absolute atomic E-state index is 14.4. The molecule has 5 rings (SSSR count). The molecule has 8 nitrogen and oxygen atoms in total. The Balaban J connectivity index is 1.33. The quantitative estimate of drug-likeness (QED) is 0.469. The van der Waals surface area contributed by atoms with Crippen LogP contribution in [0.1, 0.15) is 24.7 Å². The number of alkyl halides is 3. The van der Waals surface area contributed by atoms with Gasteiger partial charge in [0.05, 0.1) is 16.8 Å². The number of hydrogen-bond acceptors (Lipinski definition) is 6. The average Bonchev–Trinajstić information content (AvgIpc) is 3.30. The van der Waals surface area contributed by atoms with Gasteiger partial charge in [0, 0.05) is 36.1 Å². The molecule has 1 unspecified atom stereocenters. The van der Waals surface area contributed by atoms with Crippen LogP contribution in [0, 0.1) is 23.5 Å². The molecule has 1 saturated heterocycles. The van der Waals surface area contributed by atoms with E-state index in [1.807, 2.05) is 6.92 Å². The van der Waals surface area contributed by atoms with Crippen LogP contribution in [0.2, 0.25) is 0 Å². The molecule has 4 atom stereocenters. The van der Waals surface area contributed by atoms with Crippen molar-refractivity contribution < 1.29 is 35.2 Å². The maximum Gasteiger partial charge on any atom is 0.451 e. The Kier molecular flexibility index (Phi) is 6.42. The summed E-state index contributed by atoms with van der Waals surface area (Å²) in [4.78, 5) is 23.3. The third-order valence-corrected chi connectivity index (χ3v) is 8.81. The molecule has 0 bridgehead atoms. The molecule has 1 N–H and O–H groups in total. The zero-order valence-electron chi connectivity index (χ0n) is 19.7. The van der Waals surface area contributed by atoms with Gasteiger partial charge in [0.2, 0.25) is 21.8 Å². The lowest BCUT2D eigenvalue weighted by atomic mass is 10.1. The van der Waals surface area contributed by atoms with E-state index in [1.54, 1.807) is 0 Å². The van der Waals surface area contributed by atoms with Crippen LogP contribution in [0.25, 0.3) is 11.3 Å². The van der Waals surface area contributed by atoms with E-state index in [9.17, 15) is 35.2 Å². The van der Waals surface area contributed by atoms with E-state index in [0.29, 0.717) is 0 Å². The fraction of sp³-hybridized carbons (Fsp3) is 0.333. The van der Waals surface area contributed by atoms with Crippen molar-refractivity contribution in [1.82, 2.24) is 24.6 Å². The Morgan fingerprint density at radius 1 is 1.08 bits per heavy atom. The third-order valence-electron chi connectivity index (χ3n) is 6.89. The van der Waals surface area contributed by atoms with Crippen molar-refractivity contribution >= 4 is 15.9 Å². The molecule has 38 heavy (non-hydrogen) atoms. The smallest absolute Gasteiger partial charge is 0.351 e. The number of carbonyl (C=O) groups excluding carboxylic acids is 1. The molecule has 3 heterocycles. The van der Waals surface area contributed by atoms with Crippen LogP contribution in [0.15, 0.2) is 53.8 Å². The molecule has 2 fully saturated rings. The number of fused-ring (bicyclic) bond motifs is 1. The second-order valence-corrected chi connectivity index (χ2v) is 11.1. The normalized spacial score (nSPS) is 23.2. The number of halogens is 5. The van der Waals surface area contributed by atoms with E-state index in [4.69, 9.17) is 0 Å². The highest BCUT2D eigenvalue weighted by Crippen LogP contribution is 2.55. The van der Waals surface area contributed by atoms with Gasteiger partial charge in [-0.2, -0.15) is 17.5 Å². The number of amides is 1. The first-order chi connectivity index (χ1) is 17.9. The van der Waals surface area contributed by atoms with Crippen molar-refractivity contribution in [3.8, 4) is 11.3 Å². The number of carbonyl (C=O) groups is 1. The Bertz CT molecular complexity index is 1480. The van der Waals surface area contributed by atoms with E-state index in [1.165, 1.54) is 6.07 Å². The van der Waals surface area contributed by atoms with Crippen LogP contribution in [-0.4, -0.2) is 45.7 Å². The van der Waals surface area contributed by atoms with Gasteiger partial charge in [0.15, 0.2) is 0 Å². The van der Waals surface area contributed by atoms with Gasteiger partial charge in [-0.15, -0.1) is 0 Å². The van der Waals surface area contributed by atoms with Crippen molar-refractivity contribution in [2.45, 2.75) is 43.0 Å². The average molecular weight is 554 g/mol. The monoisotopic (exact) mass is 553 g/mol. The lowest BCUT2D eigenvalue weighted by molar-refractivity contribution is -0.145. The molecule has 2 aromatic heterocycles. The zero-order chi connectivity index (χ0) is 27.4. The van der Waals surface area contributed by atoms with Crippen molar-refractivity contribution in [1.29, 1.82) is 0 Å². The van der Waals surface area contributed by atoms with Crippen molar-refractivity contribution in [2.75, 3.05) is 0 Å². The summed E-state index contributed by atoms with van der Waals surface area (Å²) >= 11 is 0. The molecule has 1 aliphatic carbocycles. The zero-order valence-corrected chi connectivity index (χ0v) is 20.5. The van der Waals surface area contributed by atoms with Gasteiger partial charge in [-0.3, -0.25) is 9.78 Å². The predicted molar refractivity (Wildman–Crippen MR) is 122 cm³/mol. The van der Waals surface area contributed by atoms with E-state index in [2.05, 4.69) is 20.3 Å². The van der Waals surface area contributed by atoms with E-state index in [-0.39, 0.29) is 52.6 Å². The Morgan fingerprint density at radius 2 is 1.74 bits per heavy atom. The molecule has 0 spiro atoms. The summed E-state index contributed by atoms with van der Waals surface area (Å²) in [5, 5.41) is 2.56. The summed E-state index contributed by atoms with van der Waals surface area (Å²) < 4.78 is 93.8. The maximum atomic E-state index is 14.4. The second-order valence-electron chi connectivity index (χ2n) is 9.23. The van der Waals surface area contributed by atoms with E-state index in [0.717, 1.165) is 47.2 Å². The van der Waals surface area contributed by atoms with Crippen LogP contribution < -0.4 is 5.32 Å². The number of rotatable bonds is 6. The Morgan fingerprint density at radius 3 is 2.37 bits per heavy atom. The minimum Gasteiger partial charge on any atom is -0.351 e. The van der Waals surface area contributed by atoms with Gasteiger partial charge in [0.1, 0.15) is 17.7 Å². The number of hydrogen-bond donors (Lipinski definition) is 1. The summed E-state index contributed by atoms with van der Waals surface area (Å²) in [6.07, 6.45) is -1.77. The summed E-state index contributed by atoms with van der Waals surface area (Å²) in [5.41, 5.74) is 0.167. The fourth-order valence-corrected chi connectivity index (χ4v) is 6.73. The highest BCUT2D eigenvalue weighted by Gasteiger charge is 2.63. The Hall–Kier alpha value is -3.52. The highest BCUT2D eigenvalue weighted by molar-refractivity contribution is 7.89. The van der Waals surface area contributed by atoms with Gasteiger partial charge in [-0.25, -0.2) is 27.2 Å². The second kappa shape index (κ2) is 9.34. The van der Waals surface area contributed by atoms with Crippen LogP contribution in [0.5, 0.6) is 0 Å². The van der Waals surface area contributed by atoms with Crippen LogP contribution in [0.3, 0.4) is 0 Å². The molecule has 200 valence electrons. The molecular formula is C24H20F5N5O3S. The van der Waals surface area contributed by atoms with Crippen LogP contribution in [0.4, 0.5) is 22.0 Å². The summed E-state index contributed by atoms with van der Waals surface area (Å²) in [5.74, 6) is -3.30. The first-order valence-electron chi connectivity index (χ1n) is 11.5. The molecule has 3 aromatic rings. The van der Waals surface area contributed by atoms with Gasteiger partial charge in [-0.1, -0.05) is 6.92 Å². The number of piperidine rings is 1. The molecule has 1 aromatic carbocycles. The van der Waals surface area contributed by atoms with Gasteiger partial charge < -0.3 is 5.32 Å². The van der Waals surface area contributed by atoms with E-state index < -0.39 is 45.6 Å². The molecule has 2 aliphatic rings. The number of aromatic nitrogens is 3. The predicted octanol–water partition coefficient (Wildman–Crippen LogP) is 3.55. The van der Waals surface area contributed by atoms with Crippen molar-refractivity contribution in [3.05, 3.63) is 71.9 Å².